The van der Waals surface area contributed by atoms with Crippen LogP contribution in [0, 0.1) is 6.92 Å². The Morgan fingerprint density at radius 1 is 0.667 bits per heavy atom. The number of aryl methyl sites for hydroxylation is 1. The fourth-order valence-corrected chi connectivity index (χ4v) is 5.37. The van der Waals surface area contributed by atoms with Crippen LogP contribution in [0.1, 0.15) is 5.56 Å². The largest absolute Gasteiger partial charge is 0.309 e. The number of para-hydroxylation sites is 2. The van der Waals surface area contributed by atoms with E-state index in [1.165, 1.54) is 53.2 Å². The highest BCUT2D eigenvalue weighted by Crippen LogP contribution is 2.43. The maximum Gasteiger partial charge on any atom is 0.0634 e. The second-order valence-corrected chi connectivity index (χ2v) is 8.21. The van der Waals surface area contributed by atoms with E-state index in [-0.39, 0.29) is 0 Å². The van der Waals surface area contributed by atoms with Crippen molar-refractivity contribution in [3.63, 3.8) is 0 Å². The minimum absolute atomic E-state index is 1.21. The van der Waals surface area contributed by atoms with E-state index in [0.717, 1.165) is 0 Å². The molecular formula is C25H17NS. The molecule has 0 radical (unpaired) electrons. The van der Waals surface area contributed by atoms with Crippen LogP contribution in [-0.4, -0.2) is 4.57 Å². The zero-order chi connectivity index (χ0) is 18.0. The highest BCUT2D eigenvalue weighted by Gasteiger charge is 2.17. The number of fused-ring (bicyclic) bond motifs is 7. The van der Waals surface area contributed by atoms with Gasteiger partial charge in [0.1, 0.15) is 0 Å². The first-order valence-electron chi connectivity index (χ1n) is 9.22. The third kappa shape index (κ3) is 2.05. The molecule has 0 saturated heterocycles. The van der Waals surface area contributed by atoms with Gasteiger partial charge in [-0.1, -0.05) is 54.1 Å². The molecule has 0 bridgehead atoms. The minimum Gasteiger partial charge on any atom is -0.309 e. The summed E-state index contributed by atoms with van der Waals surface area (Å²) in [4.78, 5) is 0. The number of thiophene rings is 1. The predicted octanol–water partition coefficient (Wildman–Crippen LogP) is 7.46. The van der Waals surface area contributed by atoms with Crippen molar-refractivity contribution in [2.45, 2.75) is 6.92 Å². The van der Waals surface area contributed by atoms with Gasteiger partial charge in [0.05, 0.1) is 11.0 Å². The topological polar surface area (TPSA) is 4.93 Å². The molecule has 0 aliphatic carbocycles. The third-order valence-electron chi connectivity index (χ3n) is 5.44. The van der Waals surface area contributed by atoms with Gasteiger partial charge in [-0.05, 0) is 43.3 Å². The highest BCUT2D eigenvalue weighted by molar-refractivity contribution is 7.26. The van der Waals surface area contributed by atoms with Crippen LogP contribution in [0.5, 0.6) is 0 Å². The number of hydrogen-bond donors (Lipinski definition) is 0. The molecule has 1 nitrogen and oxygen atoms in total. The lowest BCUT2D eigenvalue weighted by atomic mass is 10.1. The minimum atomic E-state index is 1.21. The Morgan fingerprint density at radius 3 is 2.33 bits per heavy atom. The van der Waals surface area contributed by atoms with Crippen LogP contribution in [0.4, 0.5) is 0 Å². The molecule has 27 heavy (non-hydrogen) atoms. The van der Waals surface area contributed by atoms with Crippen molar-refractivity contribution in [2.75, 3.05) is 0 Å². The average molecular weight is 363 g/mol. The van der Waals surface area contributed by atoms with Crippen LogP contribution >= 0.6 is 11.3 Å². The number of aromatic nitrogens is 1. The Morgan fingerprint density at radius 2 is 1.44 bits per heavy atom. The molecular weight excluding hydrogens is 346 g/mol. The fraction of sp³-hybridized carbons (Fsp3) is 0.0400. The lowest BCUT2D eigenvalue weighted by Gasteiger charge is -2.08. The van der Waals surface area contributed by atoms with Gasteiger partial charge in [0, 0.05) is 36.6 Å². The van der Waals surface area contributed by atoms with E-state index in [2.05, 4.69) is 96.4 Å². The molecule has 0 unspecified atom stereocenters. The van der Waals surface area contributed by atoms with Gasteiger partial charge in [0.25, 0.3) is 0 Å². The molecule has 0 aliphatic rings. The highest BCUT2D eigenvalue weighted by atomic mass is 32.1. The summed E-state index contributed by atoms with van der Waals surface area (Å²) in [6.07, 6.45) is 0. The third-order valence-corrected chi connectivity index (χ3v) is 6.57. The average Bonchev–Trinajstić information content (AvgIpc) is 3.23. The second kappa shape index (κ2) is 5.45. The lowest BCUT2D eigenvalue weighted by molar-refractivity contribution is 1.19. The smallest absolute Gasteiger partial charge is 0.0634 e. The summed E-state index contributed by atoms with van der Waals surface area (Å²) in [5.41, 5.74) is 5.10. The molecule has 2 heteroatoms. The molecule has 0 aliphatic heterocycles. The molecule has 0 atom stereocenters. The van der Waals surface area contributed by atoms with Crippen molar-refractivity contribution in [3.8, 4) is 5.69 Å². The van der Waals surface area contributed by atoms with Crippen molar-refractivity contribution in [1.82, 2.24) is 4.57 Å². The number of benzene rings is 4. The van der Waals surface area contributed by atoms with E-state index >= 15 is 0 Å². The van der Waals surface area contributed by atoms with Crippen LogP contribution in [0.15, 0.2) is 84.9 Å². The normalized spacial score (nSPS) is 11.9. The lowest BCUT2D eigenvalue weighted by Crippen LogP contribution is -1.93. The van der Waals surface area contributed by atoms with Crippen molar-refractivity contribution in [1.29, 1.82) is 0 Å². The van der Waals surface area contributed by atoms with Gasteiger partial charge < -0.3 is 4.57 Å². The summed E-state index contributed by atoms with van der Waals surface area (Å²) in [5, 5.41) is 5.37. The first-order chi connectivity index (χ1) is 13.3. The van der Waals surface area contributed by atoms with Gasteiger partial charge >= 0.3 is 0 Å². The van der Waals surface area contributed by atoms with Gasteiger partial charge in [-0.3, -0.25) is 0 Å². The Bertz CT molecular complexity index is 1470. The predicted molar refractivity (Wildman–Crippen MR) is 118 cm³/mol. The number of nitrogens with zero attached hydrogens (tertiary/aromatic N) is 1. The SMILES string of the molecule is Cc1ccc2sc3ccc4c5ccccc5n(-c5ccccc5)c4c3c2c1. The van der Waals surface area contributed by atoms with E-state index in [9.17, 15) is 0 Å². The van der Waals surface area contributed by atoms with Gasteiger partial charge in [0.15, 0.2) is 0 Å². The molecule has 4 aromatic carbocycles. The quantitative estimate of drug-likeness (QED) is 0.286. The summed E-state index contributed by atoms with van der Waals surface area (Å²) < 4.78 is 5.14. The van der Waals surface area contributed by atoms with Gasteiger partial charge in [-0.2, -0.15) is 0 Å². The molecule has 0 amide bonds. The summed E-state index contributed by atoms with van der Waals surface area (Å²) in [6, 6.07) is 30.8. The Hall–Kier alpha value is -3.10. The standard InChI is InChI=1S/C25H17NS/c1-16-11-13-22-20(15-16)24-23(27-22)14-12-19-18-9-5-6-10-21(18)26(25(19)24)17-7-3-2-4-8-17/h2-15H,1H3. The van der Waals surface area contributed by atoms with Gasteiger partial charge in [-0.25, -0.2) is 0 Å². The zero-order valence-electron chi connectivity index (χ0n) is 14.9. The van der Waals surface area contributed by atoms with Crippen molar-refractivity contribution in [2.24, 2.45) is 0 Å². The van der Waals surface area contributed by atoms with Crippen LogP contribution in [-0.2, 0) is 0 Å². The Kier molecular flexibility index (Phi) is 3.03. The molecule has 2 heterocycles. The zero-order valence-corrected chi connectivity index (χ0v) is 15.8. The summed E-state index contributed by atoms with van der Waals surface area (Å²) in [7, 11) is 0. The van der Waals surface area contributed by atoms with Gasteiger partial charge in [-0.15, -0.1) is 11.3 Å². The van der Waals surface area contributed by atoms with E-state index < -0.39 is 0 Å². The van der Waals surface area contributed by atoms with Crippen LogP contribution in [0.25, 0.3) is 47.7 Å². The Balaban J connectivity index is 1.95. The Labute approximate surface area is 161 Å². The monoisotopic (exact) mass is 363 g/mol. The summed E-state index contributed by atoms with van der Waals surface area (Å²) in [5.74, 6) is 0. The van der Waals surface area contributed by atoms with E-state index in [1.807, 2.05) is 11.3 Å². The number of rotatable bonds is 1. The van der Waals surface area contributed by atoms with E-state index in [0.29, 0.717) is 0 Å². The second-order valence-electron chi connectivity index (χ2n) is 7.12. The fourth-order valence-electron chi connectivity index (χ4n) is 4.28. The van der Waals surface area contributed by atoms with E-state index in [4.69, 9.17) is 0 Å². The first kappa shape index (κ1) is 15.0. The molecule has 6 aromatic rings. The maximum absolute atomic E-state index is 2.43. The molecule has 0 N–H and O–H groups in total. The van der Waals surface area contributed by atoms with E-state index in [1.54, 1.807) is 0 Å². The van der Waals surface area contributed by atoms with Crippen molar-refractivity contribution in [3.05, 3.63) is 90.5 Å². The van der Waals surface area contributed by atoms with Gasteiger partial charge in [0.2, 0.25) is 0 Å². The first-order valence-corrected chi connectivity index (χ1v) is 10.0. The molecule has 0 saturated carbocycles. The number of hydrogen-bond acceptors (Lipinski definition) is 1. The van der Waals surface area contributed by atoms with Crippen molar-refractivity contribution < 1.29 is 0 Å². The van der Waals surface area contributed by atoms with Crippen LogP contribution < -0.4 is 0 Å². The maximum atomic E-state index is 2.43. The molecule has 0 spiro atoms. The molecule has 6 rings (SSSR count). The molecule has 0 fully saturated rings. The summed E-state index contributed by atoms with van der Waals surface area (Å²) >= 11 is 1.89. The van der Waals surface area contributed by atoms with Crippen LogP contribution in [0.3, 0.4) is 0 Å². The summed E-state index contributed by atoms with van der Waals surface area (Å²) in [6.45, 7) is 2.18. The molecule has 2 aromatic heterocycles. The molecule has 128 valence electrons. The van der Waals surface area contributed by atoms with Crippen LogP contribution in [0.2, 0.25) is 0 Å². The van der Waals surface area contributed by atoms with Crippen molar-refractivity contribution >= 4 is 53.3 Å².